The Bertz CT molecular complexity index is 1620. The minimum Gasteiger partial charge on any atom is -0.345 e. The number of ketones is 1. The van der Waals surface area contributed by atoms with Gasteiger partial charge < -0.3 is 4.98 Å². The first kappa shape index (κ1) is 23.6. The smallest absolute Gasteiger partial charge is 0.301 e. The Hall–Kier alpha value is -3.77. The van der Waals surface area contributed by atoms with Crippen LogP contribution in [0, 0.1) is 5.82 Å². The van der Waals surface area contributed by atoms with E-state index >= 15 is 4.39 Å². The molecule has 1 atom stereocenters. The molecule has 3 aromatic heterocycles. The second kappa shape index (κ2) is 8.96. The third-order valence-electron chi connectivity index (χ3n) is 6.64. The third-order valence-corrected chi connectivity index (χ3v) is 8.13. The van der Waals surface area contributed by atoms with E-state index in [1.165, 1.54) is 24.4 Å². The third kappa shape index (κ3) is 4.46. The molecule has 12 heteroatoms. The van der Waals surface area contributed by atoms with Crippen molar-refractivity contribution in [3.8, 4) is 11.1 Å². The summed E-state index contributed by atoms with van der Waals surface area (Å²) >= 11 is 0. The molecule has 2 N–H and O–H groups in total. The molecule has 0 bridgehead atoms. The Balaban J connectivity index is 1.30. The lowest BCUT2D eigenvalue weighted by atomic mass is 10.0. The van der Waals surface area contributed by atoms with Gasteiger partial charge in [0.2, 0.25) is 0 Å². The van der Waals surface area contributed by atoms with Gasteiger partial charge in [-0.05, 0) is 37.5 Å². The summed E-state index contributed by atoms with van der Waals surface area (Å²) in [7, 11) is -4.18. The van der Waals surface area contributed by atoms with Crippen molar-refractivity contribution >= 4 is 32.7 Å². The lowest BCUT2D eigenvalue weighted by Crippen LogP contribution is -2.34. The van der Waals surface area contributed by atoms with Crippen LogP contribution >= 0.6 is 0 Å². The van der Waals surface area contributed by atoms with E-state index < -0.39 is 28.0 Å². The molecule has 6 rings (SSSR count). The van der Waals surface area contributed by atoms with Gasteiger partial charge in [-0.2, -0.15) is 12.7 Å². The minimum atomic E-state index is -4.18. The topological polar surface area (TPSA) is 121 Å². The summed E-state index contributed by atoms with van der Waals surface area (Å²) in [5, 5.41) is 0.477. The molecule has 1 aliphatic heterocycles. The Morgan fingerprint density at radius 2 is 1.81 bits per heavy atom. The molecular formula is C25H22F2N6O3S. The van der Waals surface area contributed by atoms with E-state index in [4.69, 9.17) is 0 Å². The number of nitrogens with zero attached hydrogens (tertiary/aromatic N) is 4. The molecule has 2 fully saturated rings. The highest BCUT2D eigenvalue weighted by molar-refractivity contribution is 7.90. The maximum Gasteiger partial charge on any atom is 0.301 e. The van der Waals surface area contributed by atoms with Gasteiger partial charge in [0.15, 0.2) is 11.6 Å². The zero-order valence-corrected chi connectivity index (χ0v) is 20.3. The number of H-pyrrole nitrogens is 1. The van der Waals surface area contributed by atoms with Gasteiger partial charge in [-0.3, -0.25) is 9.52 Å². The Morgan fingerprint density at radius 1 is 1.05 bits per heavy atom. The second-order valence-electron chi connectivity index (χ2n) is 9.27. The van der Waals surface area contributed by atoms with Gasteiger partial charge in [-0.15, -0.1) is 0 Å². The zero-order valence-electron chi connectivity index (χ0n) is 19.5. The number of carbonyl (C=O) groups is 1. The van der Waals surface area contributed by atoms with Crippen molar-refractivity contribution in [2.45, 2.75) is 31.4 Å². The van der Waals surface area contributed by atoms with E-state index in [1.807, 2.05) is 0 Å². The predicted molar refractivity (Wildman–Crippen MR) is 133 cm³/mol. The van der Waals surface area contributed by atoms with Crippen LogP contribution < -0.4 is 4.72 Å². The molecule has 190 valence electrons. The normalized spacial score (nSPS) is 18.4. The highest BCUT2D eigenvalue weighted by Crippen LogP contribution is 2.38. The SMILES string of the molecule is O=C(c1cccc(NS(=O)(=O)N2CC[C@@H](F)C2)c1F)c1c[nH]c2ncc(-c3cnc(C4CC4)nc3)cc12. The van der Waals surface area contributed by atoms with Crippen molar-refractivity contribution in [2.75, 3.05) is 17.8 Å². The Labute approximate surface area is 211 Å². The molecule has 2 aliphatic rings. The van der Waals surface area contributed by atoms with E-state index in [-0.39, 0.29) is 36.3 Å². The van der Waals surface area contributed by atoms with Gasteiger partial charge in [-0.1, -0.05) is 6.07 Å². The summed E-state index contributed by atoms with van der Waals surface area (Å²) in [6.45, 7) is -0.301. The number of hydrogen-bond acceptors (Lipinski definition) is 6. The molecular weight excluding hydrogens is 502 g/mol. The number of anilines is 1. The number of carbonyl (C=O) groups excluding carboxylic acids is 1. The van der Waals surface area contributed by atoms with Crippen molar-refractivity contribution in [2.24, 2.45) is 0 Å². The van der Waals surface area contributed by atoms with Gasteiger partial charge in [0.05, 0.1) is 11.3 Å². The van der Waals surface area contributed by atoms with E-state index in [0.717, 1.165) is 28.5 Å². The number of pyridine rings is 1. The molecule has 4 heterocycles. The molecule has 9 nitrogen and oxygen atoms in total. The first-order chi connectivity index (χ1) is 17.8. The van der Waals surface area contributed by atoms with Crippen LogP contribution in [0.1, 0.15) is 46.9 Å². The lowest BCUT2D eigenvalue weighted by Gasteiger charge is -2.17. The maximum absolute atomic E-state index is 15.4. The number of nitrogens with one attached hydrogen (secondary N) is 2. The van der Waals surface area contributed by atoms with Crippen molar-refractivity contribution in [1.82, 2.24) is 24.2 Å². The summed E-state index contributed by atoms with van der Waals surface area (Å²) in [5.41, 5.74) is 1.35. The van der Waals surface area contributed by atoms with Crippen LogP contribution in [0.15, 0.2) is 49.1 Å². The van der Waals surface area contributed by atoms with Crippen molar-refractivity contribution in [3.63, 3.8) is 0 Å². The van der Waals surface area contributed by atoms with E-state index in [0.29, 0.717) is 22.5 Å². The molecule has 1 saturated carbocycles. The summed E-state index contributed by atoms with van der Waals surface area (Å²) in [6, 6.07) is 5.64. The van der Waals surface area contributed by atoms with Crippen LogP contribution in [0.3, 0.4) is 0 Å². The molecule has 1 saturated heterocycles. The molecule has 0 unspecified atom stereocenters. The summed E-state index contributed by atoms with van der Waals surface area (Å²) in [4.78, 5) is 29.5. The quantitative estimate of drug-likeness (QED) is 0.353. The molecule has 1 aromatic carbocycles. The van der Waals surface area contributed by atoms with E-state index in [9.17, 15) is 17.6 Å². The van der Waals surface area contributed by atoms with Crippen molar-refractivity contribution < 1.29 is 22.0 Å². The van der Waals surface area contributed by atoms with Crippen molar-refractivity contribution in [1.29, 1.82) is 0 Å². The Morgan fingerprint density at radius 3 is 2.51 bits per heavy atom. The highest BCUT2D eigenvalue weighted by Gasteiger charge is 2.32. The van der Waals surface area contributed by atoms with Crippen LogP contribution in [0.25, 0.3) is 22.2 Å². The van der Waals surface area contributed by atoms with E-state index in [1.54, 1.807) is 24.7 Å². The molecule has 4 aromatic rings. The van der Waals surface area contributed by atoms with E-state index in [2.05, 4.69) is 24.7 Å². The van der Waals surface area contributed by atoms with Crippen LogP contribution in [0.2, 0.25) is 0 Å². The van der Waals surface area contributed by atoms with Crippen LogP contribution in [0.4, 0.5) is 14.5 Å². The molecule has 0 radical (unpaired) electrons. The van der Waals surface area contributed by atoms with Gasteiger partial charge >= 0.3 is 10.2 Å². The van der Waals surface area contributed by atoms with Crippen molar-refractivity contribution in [3.05, 3.63) is 71.8 Å². The lowest BCUT2D eigenvalue weighted by molar-refractivity contribution is 0.103. The van der Waals surface area contributed by atoms with Gasteiger partial charge in [0.25, 0.3) is 0 Å². The average molecular weight is 525 g/mol. The number of rotatable bonds is 7. The maximum atomic E-state index is 15.4. The minimum absolute atomic E-state index is 0.00421. The average Bonchev–Trinajstić information content (AvgIpc) is 3.51. The number of aromatic amines is 1. The largest absolute Gasteiger partial charge is 0.345 e. The number of halogens is 2. The number of aromatic nitrogens is 4. The monoisotopic (exact) mass is 524 g/mol. The van der Waals surface area contributed by atoms with Gasteiger partial charge in [0.1, 0.15) is 17.6 Å². The number of fused-ring (bicyclic) bond motifs is 1. The fourth-order valence-electron chi connectivity index (χ4n) is 4.43. The second-order valence-corrected chi connectivity index (χ2v) is 10.9. The van der Waals surface area contributed by atoms with Crippen LogP contribution in [-0.4, -0.2) is 57.7 Å². The summed E-state index contributed by atoms with van der Waals surface area (Å²) in [6.07, 6.45) is 7.52. The first-order valence-electron chi connectivity index (χ1n) is 11.8. The first-order valence-corrected chi connectivity index (χ1v) is 13.3. The fourth-order valence-corrected chi connectivity index (χ4v) is 5.70. The molecule has 0 amide bonds. The summed E-state index contributed by atoms with van der Waals surface area (Å²) < 4.78 is 57.1. The highest BCUT2D eigenvalue weighted by atomic mass is 32.2. The van der Waals surface area contributed by atoms with Crippen LogP contribution in [0.5, 0.6) is 0 Å². The fraction of sp³-hybridized carbons (Fsp3) is 0.280. The van der Waals surface area contributed by atoms with Gasteiger partial charge in [-0.25, -0.2) is 23.7 Å². The van der Waals surface area contributed by atoms with Crippen LogP contribution in [-0.2, 0) is 10.2 Å². The zero-order chi connectivity index (χ0) is 25.7. The number of alkyl halides is 1. The Kier molecular flexibility index (Phi) is 5.72. The molecule has 0 spiro atoms. The van der Waals surface area contributed by atoms with Gasteiger partial charge in [0, 0.05) is 65.9 Å². The molecule has 37 heavy (non-hydrogen) atoms. The standard InChI is InChI=1S/C25H22F2N6O3S/c26-17-6-7-33(13-17)37(35,36)32-21-3-1-2-18(22(21)27)23(34)20-12-31-25-19(20)8-15(9-30-25)16-10-28-24(29-11-16)14-4-5-14/h1-3,8-12,14,17,32H,4-7,13H2,(H,30,31)/t17-/m1/s1. The summed E-state index contributed by atoms with van der Waals surface area (Å²) in [5.74, 6) is -0.422. The number of benzene rings is 1. The predicted octanol–water partition coefficient (Wildman–Crippen LogP) is 3.97. The number of hydrogen-bond donors (Lipinski definition) is 2. The molecule has 1 aliphatic carbocycles.